The van der Waals surface area contributed by atoms with Crippen molar-refractivity contribution in [1.29, 1.82) is 0 Å². The zero-order valence-corrected chi connectivity index (χ0v) is 10.9. The first-order chi connectivity index (χ1) is 9.25. The first-order valence-corrected chi connectivity index (χ1v) is 6.78. The Morgan fingerprint density at radius 2 is 2.00 bits per heavy atom. The Kier molecular flexibility index (Phi) is 5.00. The molecule has 2 unspecified atom stereocenters. The van der Waals surface area contributed by atoms with Crippen molar-refractivity contribution in [1.82, 2.24) is 5.32 Å². The van der Waals surface area contributed by atoms with E-state index < -0.39 is 0 Å². The molecule has 1 aliphatic carbocycles. The van der Waals surface area contributed by atoms with Crippen LogP contribution >= 0.6 is 0 Å². The van der Waals surface area contributed by atoms with E-state index in [0.717, 1.165) is 31.2 Å². The number of nitrogens with one attached hydrogen (secondary N) is 1. The summed E-state index contributed by atoms with van der Waals surface area (Å²) in [5.74, 6) is 5.29. The standard InChI is InChI=1S/C16H19NO2/c18-15-9-5-4-8-14(15)12-17-16(19)11-10-13-6-2-1-3-7-13/h1-3,6-7,14-15,18H,4-5,8-9,12H2,(H,17,19). The number of hydrogen-bond acceptors (Lipinski definition) is 2. The third-order valence-electron chi connectivity index (χ3n) is 3.49. The van der Waals surface area contributed by atoms with Gasteiger partial charge in [-0.25, -0.2) is 0 Å². The van der Waals surface area contributed by atoms with Crippen LogP contribution < -0.4 is 5.32 Å². The van der Waals surface area contributed by atoms with Crippen LogP contribution in [0.25, 0.3) is 0 Å². The molecule has 1 saturated carbocycles. The van der Waals surface area contributed by atoms with Gasteiger partial charge in [-0.3, -0.25) is 4.79 Å². The quantitative estimate of drug-likeness (QED) is 0.792. The molecule has 0 aromatic heterocycles. The highest BCUT2D eigenvalue weighted by Crippen LogP contribution is 2.23. The van der Waals surface area contributed by atoms with Gasteiger partial charge in [0.15, 0.2) is 0 Å². The second-order valence-electron chi connectivity index (χ2n) is 4.94. The molecule has 0 radical (unpaired) electrons. The molecule has 1 aliphatic rings. The molecule has 3 nitrogen and oxygen atoms in total. The van der Waals surface area contributed by atoms with Gasteiger partial charge in [-0.2, -0.15) is 0 Å². The van der Waals surface area contributed by atoms with Crippen LogP contribution in [0.2, 0.25) is 0 Å². The second kappa shape index (κ2) is 6.96. The number of aliphatic hydroxyl groups is 1. The number of carbonyl (C=O) groups excluding carboxylic acids is 1. The molecule has 0 saturated heterocycles. The van der Waals surface area contributed by atoms with Gasteiger partial charge >= 0.3 is 0 Å². The molecule has 1 fully saturated rings. The summed E-state index contributed by atoms with van der Waals surface area (Å²) in [6.45, 7) is 0.517. The summed E-state index contributed by atoms with van der Waals surface area (Å²) >= 11 is 0. The minimum atomic E-state index is -0.281. The summed E-state index contributed by atoms with van der Waals surface area (Å²) in [7, 11) is 0. The van der Waals surface area contributed by atoms with Crippen LogP contribution in [0.15, 0.2) is 30.3 Å². The molecular weight excluding hydrogens is 238 g/mol. The molecule has 0 heterocycles. The molecule has 1 amide bonds. The maximum absolute atomic E-state index is 11.6. The molecular formula is C16H19NO2. The van der Waals surface area contributed by atoms with Crippen LogP contribution in [0.5, 0.6) is 0 Å². The molecule has 2 N–H and O–H groups in total. The normalized spacial score (nSPS) is 22.2. The lowest BCUT2D eigenvalue weighted by molar-refractivity contribution is -0.116. The molecule has 3 heteroatoms. The fourth-order valence-corrected chi connectivity index (χ4v) is 2.34. The van der Waals surface area contributed by atoms with Crippen LogP contribution in [0.1, 0.15) is 31.2 Å². The summed E-state index contributed by atoms with van der Waals surface area (Å²) in [4.78, 5) is 11.6. The van der Waals surface area contributed by atoms with Crippen molar-refractivity contribution in [2.24, 2.45) is 5.92 Å². The Hall–Kier alpha value is -1.79. The van der Waals surface area contributed by atoms with Crippen molar-refractivity contribution >= 4 is 5.91 Å². The highest BCUT2D eigenvalue weighted by Gasteiger charge is 2.22. The molecule has 2 rings (SSSR count). The van der Waals surface area contributed by atoms with Crippen molar-refractivity contribution in [3.63, 3.8) is 0 Å². The average Bonchev–Trinajstić information content (AvgIpc) is 2.45. The molecule has 1 aromatic carbocycles. The molecule has 0 aliphatic heterocycles. The van der Waals surface area contributed by atoms with E-state index in [1.807, 2.05) is 30.3 Å². The summed E-state index contributed by atoms with van der Waals surface area (Å²) in [5, 5.41) is 12.6. The summed E-state index contributed by atoms with van der Waals surface area (Å²) in [6.07, 6.45) is 3.76. The highest BCUT2D eigenvalue weighted by atomic mass is 16.3. The van der Waals surface area contributed by atoms with Crippen LogP contribution in [0.3, 0.4) is 0 Å². The predicted octanol–water partition coefficient (Wildman–Crippen LogP) is 1.71. The van der Waals surface area contributed by atoms with E-state index in [1.54, 1.807) is 0 Å². The zero-order valence-electron chi connectivity index (χ0n) is 10.9. The van der Waals surface area contributed by atoms with Gasteiger partial charge < -0.3 is 10.4 Å². The van der Waals surface area contributed by atoms with Crippen molar-refractivity contribution in [2.75, 3.05) is 6.54 Å². The van der Waals surface area contributed by atoms with E-state index >= 15 is 0 Å². The lowest BCUT2D eigenvalue weighted by atomic mass is 9.86. The van der Waals surface area contributed by atoms with Crippen molar-refractivity contribution < 1.29 is 9.90 Å². The third-order valence-corrected chi connectivity index (χ3v) is 3.49. The Balaban J connectivity index is 1.80. The third kappa shape index (κ3) is 4.42. The predicted molar refractivity (Wildman–Crippen MR) is 74.3 cm³/mol. The Morgan fingerprint density at radius 1 is 1.26 bits per heavy atom. The Bertz CT molecular complexity index is 473. The van der Waals surface area contributed by atoms with Gasteiger partial charge in [0.05, 0.1) is 6.10 Å². The first-order valence-electron chi connectivity index (χ1n) is 6.78. The minimum Gasteiger partial charge on any atom is -0.393 e. The van der Waals surface area contributed by atoms with Crippen LogP contribution in [0, 0.1) is 17.8 Å². The van der Waals surface area contributed by atoms with E-state index in [2.05, 4.69) is 17.2 Å². The number of hydrogen-bond donors (Lipinski definition) is 2. The fraction of sp³-hybridized carbons (Fsp3) is 0.438. The lowest BCUT2D eigenvalue weighted by Crippen LogP contribution is -2.36. The van der Waals surface area contributed by atoms with Gasteiger partial charge in [0, 0.05) is 23.9 Å². The maximum atomic E-state index is 11.6. The zero-order chi connectivity index (χ0) is 13.5. The molecule has 0 spiro atoms. The SMILES string of the molecule is O=C(C#Cc1ccccc1)NCC1CCCCC1O. The monoisotopic (exact) mass is 257 g/mol. The molecule has 100 valence electrons. The Labute approximate surface area is 114 Å². The largest absolute Gasteiger partial charge is 0.393 e. The van der Waals surface area contributed by atoms with Gasteiger partial charge in [0.25, 0.3) is 5.91 Å². The van der Waals surface area contributed by atoms with Crippen molar-refractivity contribution in [2.45, 2.75) is 31.8 Å². The number of carbonyl (C=O) groups is 1. The molecule has 2 atom stereocenters. The topological polar surface area (TPSA) is 49.3 Å². The maximum Gasteiger partial charge on any atom is 0.296 e. The summed E-state index contributed by atoms with van der Waals surface area (Å²) < 4.78 is 0. The summed E-state index contributed by atoms with van der Waals surface area (Å²) in [6, 6.07) is 9.42. The highest BCUT2D eigenvalue weighted by molar-refractivity contribution is 5.94. The van der Waals surface area contributed by atoms with E-state index in [9.17, 15) is 9.90 Å². The first kappa shape index (κ1) is 13.6. The number of amides is 1. The number of aliphatic hydroxyl groups excluding tert-OH is 1. The van der Waals surface area contributed by atoms with Crippen LogP contribution in [0.4, 0.5) is 0 Å². The minimum absolute atomic E-state index is 0.177. The molecule has 0 bridgehead atoms. The second-order valence-corrected chi connectivity index (χ2v) is 4.94. The van der Waals surface area contributed by atoms with Crippen LogP contribution in [-0.2, 0) is 4.79 Å². The van der Waals surface area contributed by atoms with E-state index in [0.29, 0.717) is 6.54 Å². The van der Waals surface area contributed by atoms with E-state index in [-0.39, 0.29) is 17.9 Å². The number of benzene rings is 1. The van der Waals surface area contributed by atoms with Crippen molar-refractivity contribution in [3.8, 4) is 11.8 Å². The van der Waals surface area contributed by atoms with Gasteiger partial charge in [-0.1, -0.05) is 37.0 Å². The molecule has 1 aromatic rings. The van der Waals surface area contributed by atoms with E-state index in [4.69, 9.17) is 0 Å². The van der Waals surface area contributed by atoms with E-state index in [1.165, 1.54) is 0 Å². The summed E-state index contributed by atoms with van der Waals surface area (Å²) in [5.41, 5.74) is 0.829. The Morgan fingerprint density at radius 3 is 2.74 bits per heavy atom. The smallest absolute Gasteiger partial charge is 0.296 e. The average molecular weight is 257 g/mol. The number of rotatable bonds is 2. The fourth-order valence-electron chi connectivity index (χ4n) is 2.34. The van der Waals surface area contributed by atoms with Crippen LogP contribution in [-0.4, -0.2) is 23.7 Å². The van der Waals surface area contributed by atoms with Gasteiger partial charge in [0.2, 0.25) is 0 Å². The van der Waals surface area contributed by atoms with Gasteiger partial charge in [0.1, 0.15) is 0 Å². The lowest BCUT2D eigenvalue weighted by Gasteiger charge is -2.27. The molecule has 19 heavy (non-hydrogen) atoms. The van der Waals surface area contributed by atoms with Crippen molar-refractivity contribution in [3.05, 3.63) is 35.9 Å². The van der Waals surface area contributed by atoms with Gasteiger partial charge in [-0.05, 0) is 25.0 Å². The van der Waals surface area contributed by atoms with Gasteiger partial charge in [-0.15, -0.1) is 0 Å².